The van der Waals surface area contributed by atoms with Crippen LogP contribution in [-0.2, 0) is 0 Å². The zero-order valence-corrected chi connectivity index (χ0v) is 9.91. The summed E-state index contributed by atoms with van der Waals surface area (Å²) in [7, 11) is -0.556. The summed E-state index contributed by atoms with van der Waals surface area (Å²) in [6.45, 7) is 1.42. The van der Waals surface area contributed by atoms with Gasteiger partial charge in [-0.15, -0.1) is 0 Å². The lowest BCUT2D eigenvalue weighted by Crippen LogP contribution is -2.35. The van der Waals surface area contributed by atoms with Gasteiger partial charge in [0.05, 0.1) is 0 Å². The van der Waals surface area contributed by atoms with Crippen molar-refractivity contribution < 1.29 is 22.0 Å². The minimum Gasteiger partial charge on any atom is -0.207 e. The summed E-state index contributed by atoms with van der Waals surface area (Å²) in [5.41, 5.74) is -0.668. The molecule has 2 aromatic rings. The molecule has 0 saturated carbocycles. The van der Waals surface area contributed by atoms with E-state index in [-0.39, 0.29) is 5.56 Å². The quantitative estimate of drug-likeness (QED) is 0.445. The Morgan fingerprint density at radius 1 is 0.842 bits per heavy atom. The van der Waals surface area contributed by atoms with Crippen molar-refractivity contribution in [1.82, 2.24) is 0 Å². The molecule has 0 atom stereocenters. The predicted molar refractivity (Wildman–Crippen MR) is 63.8 cm³/mol. The molecule has 0 nitrogen and oxygen atoms in total. The monoisotopic (exact) mass is 270 g/mol. The molecule has 0 aromatic heterocycles. The Hall–Kier alpha value is -1.85. The van der Waals surface area contributed by atoms with Crippen molar-refractivity contribution >= 4 is 18.2 Å². The van der Waals surface area contributed by atoms with E-state index in [1.165, 1.54) is 13.0 Å². The summed E-state index contributed by atoms with van der Waals surface area (Å²) >= 11 is 0. The van der Waals surface area contributed by atoms with Gasteiger partial charge in [-0.3, -0.25) is 0 Å². The molecule has 0 unspecified atom stereocenters. The zero-order chi connectivity index (χ0) is 14.2. The lowest BCUT2D eigenvalue weighted by molar-refractivity contribution is 0.500. The highest BCUT2D eigenvalue weighted by atomic mass is 19.2. The molecule has 0 spiro atoms. The summed E-state index contributed by atoms with van der Waals surface area (Å²) in [6, 6.07) is 3.36. The van der Waals surface area contributed by atoms with E-state index in [1.54, 1.807) is 0 Å². The number of rotatable bonds is 2. The molecule has 0 aliphatic heterocycles. The Balaban J connectivity index is 2.51. The lowest BCUT2D eigenvalue weighted by Gasteiger charge is -2.08. The Bertz CT molecular complexity index is 639. The summed E-state index contributed by atoms with van der Waals surface area (Å²) in [5, 5.41) is 0. The van der Waals surface area contributed by atoms with E-state index in [4.69, 9.17) is 0 Å². The number of hydrogen-bond acceptors (Lipinski definition) is 0. The van der Waals surface area contributed by atoms with Gasteiger partial charge in [0.25, 0.3) is 0 Å². The molecule has 2 rings (SSSR count). The summed E-state index contributed by atoms with van der Waals surface area (Å²) in [5.74, 6) is -5.41. The maximum Gasteiger partial charge on any atom is 0.204 e. The van der Waals surface area contributed by atoms with Crippen LogP contribution in [0, 0.1) is 36.0 Å². The van der Waals surface area contributed by atoms with Crippen molar-refractivity contribution in [1.29, 1.82) is 0 Å². The minimum absolute atomic E-state index is 0.175. The first-order valence-corrected chi connectivity index (χ1v) is 5.47. The Morgan fingerprint density at radius 2 is 1.53 bits per heavy atom. The molecule has 0 radical (unpaired) electrons. The SMILES string of the molecule is Cc1ccc(F)c(Bc2cc(F)cc(F)c2F)c1F. The lowest BCUT2D eigenvalue weighted by atomic mass is 9.63. The second-order valence-electron chi connectivity index (χ2n) is 4.19. The molecule has 98 valence electrons. The first kappa shape index (κ1) is 13.6. The molecule has 0 heterocycles. The van der Waals surface area contributed by atoms with E-state index >= 15 is 0 Å². The maximum atomic E-state index is 13.7. The molecular weight excluding hydrogens is 262 g/mol. The third-order valence-corrected chi connectivity index (χ3v) is 2.81. The second kappa shape index (κ2) is 5.03. The molecule has 0 fully saturated rings. The van der Waals surface area contributed by atoms with Gasteiger partial charge in [0.1, 0.15) is 17.5 Å². The molecule has 0 amide bonds. The van der Waals surface area contributed by atoms with Crippen LogP contribution in [-0.4, -0.2) is 7.28 Å². The van der Waals surface area contributed by atoms with Gasteiger partial charge >= 0.3 is 0 Å². The Morgan fingerprint density at radius 3 is 2.21 bits per heavy atom. The van der Waals surface area contributed by atoms with Crippen LogP contribution in [0.15, 0.2) is 24.3 Å². The summed E-state index contributed by atoms with van der Waals surface area (Å²) < 4.78 is 66.7. The second-order valence-corrected chi connectivity index (χ2v) is 4.19. The van der Waals surface area contributed by atoms with Crippen molar-refractivity contribution in [2.75, 3.05) is 0 Å². The first-order valence-electron chi connectivity index (χ1n) is 5.47. The third-order valence-electron chi connectivity index (χ3n) is 2.81. The van der Waals surface area contributed by atoms with Crippen molar-refractivity contribution in [2.45, 2.75) is 6.92 Å². The molecule has 0 saturated heterocycles. The van der Waals surface area contributed by atoms with Crippen molar-refractivity contribution in [3.63, 3.8) is 0 Å². The van der Waals surface area contributed by atoms with Gasteiger partial charge in [-0.05, 0) is 35.5 Å². The smallest absolute Gasteiger partial charge is 0.204 e. The number of halogens is 5. The average Bonchev–Trinajstić information content (AvgIpc) is 2.35. The fraction of sp³-hybridized carbons (Fsp3) is 0.0769. The fourth-order valence-corrected chi connectivity index (χ4v) is 1.81. The van der Waals surface area contributed by atoms with Crippen LogP contribution >= 0.6 is 0 Å². The highest BCUT2D eigenvalue weighted by Crippen LogP contribution is 2.08. The highest BCUT2D eigenvalue weighted by molar-refractivity contribution is 6.67. The predicted octanol–water partition coefficient (Wildman–Crippen LogP) is 2.08. The molecule has 2 aromatic carbocycles. The molecule has 0 aliphatic carbocycles. The Kier molecular flexibility index (Phi) is 3.60. The van der Waals surface area contributed by atoms with Crippen LogP contribution in [0.2, 0.25) is 0 Å². The van der Waals surface area contributed by atoms with Gasteiger partial charge in [-0.25, -0.2) is 22.0 Å². The van der Waals surface area contributed by atoms with Crippen LogP contribution in [0.1, 0.15) is 5.56 Å². The van der Waals surface area contributed by atoms with Crippen molar-refractivity contribution in [2.24, 2.45) is 0 Å². The zero-order valence-electron chi connectivity index (χ0n) is 9.91. The largest absolute Gasteiger partial charge is 0.207 e. The van der Waals surface area contributed by atoms with E-state index in [0.29, 0.717) is 6.07 Å². The van der Waals surface area contributed by atoms with Gasteiger partial charge in [0.2, 0.25) is 7.28 Å². The molecule has 0 N–H and O–H groups in total. The number of hydrogen-bond donors (Lipinski definition) is 0. The number of aryl methyl sites for hydroxylation is 1. The van der Waals surface area contributed by atoms with Gasteiger partial charge < -0.3 is 0 Å². The molecule has 0 bridgehead atoms. The van der Waals surface area contributed by atoms with E-state index in [9.17, 15) is 22.0 Å². The minimum atomic E-state index is -1.39. The normalized spacial score (nSPS) is 10.6. The van der Waals surface area contributed by atoms with Crippen LogP contribution in [0.4, 0.5) is 22.0 Å². The van der Waals surface area contributed by atoms with Gasteiger partial charge in [-0.2, -0.15) is 0 Å². The maximum absolute atomic E-state index is 13.7. The van der Waals surface area contributed by atoms with Crippen molar-refractivity contribution in [3.05, 3.63) is 58.9 Å². The van der Waals surface area contributed by atoms with E-state index in [1.807, 2.05) is 0 Å². The van der Waals surface area contributed by atoms with E-state index in [2.05, 4.69) is 0 Å². The van der Waals surface area contributed by atoms with Gasteiger partial charge in [0, 0.05) is 6.07 Å². The fourth-order valence-electron chi connectivity index (χ4n) is 1.81. The van der Waals surface area contributed by atoms with Crippen LogP contribution < -0.4 is 10.9 Å². The average molecular weight is 270 g/mol. The summed E-state index contributed by atoms with van der Waals surface area (Å²) in [6.07, 6.45) is 0. The van der Waals surface area contributed by atoms with Crippen LogP contribution in [0.25, 0.3) is 0 Å². The van der Waals surface area contributed by atoms with Crippen LogP contribution in [0.3, 0.4) is 0 Å². The highest BCUT2D eigenvalue weighted by Gasteiger charge is 2.18. The van der Waals surface area contributed by atoms with Gasteiger partial charge in [0.15, 0.2) is 11.6 Å². The molecule has 19 heavy (non-hydrogen) atoms. The van der Waals surface area contributed by atoms with E-state index < -0.39 is 47.3 Å². The van der Waals surface area contributed by atoms with Crippen LogP contribution in [0.5, 0.6) is 0 Å². The summed E-state index contributed by atoms with van der Waals surface area (Å²) in [4.78, 5) is 0. The molecule has 6 heteroatoms. The standard InChI is InChI=1S/C13H8BF5/c1-6-2-3-9(16)11(12(6)18)14-8-4-7(15)5-10(17)13(8)19/h2-5,14H,1H3. The molecule has 0 aliphatic rings. The van der Waals surface area contributed by atoms with Crippen molar-refractivity contribution in [3.8, 4) is 0 Å². The topological polar surface area (TPSA) is 0 Å². The van der Waals surface area contributed by atoms with E-state index in [0.717, 1.165) is 12.1 Å². The first-order chi connectivity index (χ1) is 8.90. The Labute approximate surface area is 107 Å². The third kappa shape index (κ3) is 2.62. The number of benzene rings is 2. The van der Waals surface area contributed by atoms with Gasteiger partial charge in [-0.1, -0.05) is 6.07 Å². The molecular formula is C13H8BF5.